The molecule has 2 rings (SSSR count). The van der Waals surface area contributed by atoms with Crippen molar-refractivity contribution in [3.63, 3.8) is 0 Å². The average Bonchev–Trinajstić information content (AvgIpc) is 2.40. The van der Waals surface area contributed by atoms with Crippen LogP contribution >= 0.6 is 0 Å². The molecule has 1 aliphatic rings. The van der Waals surface area contributed by atoms with E-state index in [1.807, 2.05) is 19.2 Å². The van der Waals surface area contributed by atoms with Crippen LogP contribution in [0.2, 0.25) is 0 Å². The van der Waals surface area contributed by atoms with Gasteiger partial charge in [-0.2, -0.15) is 0 Å². The third-order valence-electron chi connectivity index (χ3n) is 3.85. The lowest BCUT2D eigenvalue weighted by Gasteiger charge is -2.36. The van der Waals surface area contributed by atoms with Crippen LogP contribution < -0.4 is 5.32 Å². The summed E-state index contributed by atoms with van der Waals surface area (Å²) in [5.41, 5.74) is 1.14. The van der Waals surface area contributed by atoms with Gasteiger partial charge in [0.25, 0.3) is 0 Å². The van der Waals surface area contributed by atoms with E-state index < -0.39 is 0 Å². The van der Waals surface area contributed by atoms with Gasteiger partial charge in [0.2, 0.25) is 0 Å². The molecule has 0 radical (unpaired) electrons. The molecule has 1 aliphatic heterocycles. The molecule has 3 unspecified atom stereocenters. The molecule has 1 aromatic carbocycles. The van der Waals surface area contributed by atoms with Gasteiger partial charge in [0.1, 0.15) is 5.82 Å². The number of hydrogen-bond donors (Lipinski definition) is 1. The number of morpholine rings is 1. The van der Waals surface area contributed by atoms with Crippen LogP contribution in [0.25, 0.3) is 0 Å². The van der Waals surface area contributed by atoms with Gasteiger partial charge >= 0.3 is 0 Å². The fraction of sp³-hybridized carbons (Fsp3) is 0.625. The molecule has 0 amide bonds. The van der Waals surface area contributed by atoms with Crippen molar-refractivity contribution < 1.29 is 9.13 Å². The Hall–Kier alpha value is -0.970. The topological polar surface area (TPSA) is 24.5 Å². The minimum absolute atomic E-state index is 0.181. The zero-order valence-electron chi connectivity index (χ0n) is 12.6. The summed E-state index contributed by atoms with van der Waals surface area (Å²) in [4.78, 5) is 2.45. The lowest BCUT2D eigenvalue weighted by atomic mass is 10.0. The van der Waals surface area contributed by atoms with Crippen LogP contribution in [0.1, 0.15) is 31.9 Å². The molecule has 3 atom stereocenters. The molecular formula is C16H25FN2O. The third-order valence-corrected chi connectivity index (χ3v) is 3.85. The summed E-state index contributed by atoms with van der Waals surface area (Å²) in [5.74, 6) is -0.181. The Morgan fingerprint density at radius 3 is 2.40 bits per heavy atom. The average molecular weight is 280 g/mol. The highest BCUT2D eigenvalue weighted by Gasteiger charge is 2.22. The number of hydrogen-bond acceptors (Lipinski definition) is 3. The van der Waals surface area contributed by atoms with Gasteiger partial charge in [0.15, 0.2) is 0 Å². The first kappa shape index (κ1) is 15.4. The van der Waals surface area contributed by atoms with Crippen molar-refractivity contribution in [2.24, 2.45) is 0 Å². The minimum atomic E-state index is -0.181. The van der Waals surface area contributed by atoms with Gasteiger partial charge < -0.3 is 10.1 Å². The molecule has 0 aromatic heterocycles. The Morgan fingerprint density at radius 2 is 1.85 bits per heavy atom. The number of nitrogens with zero attached hydrogens (tertiary/aromatic N) is 1. The quantitative estimate of drug-likeness (QED) is 0.897. The third kappa shape index (κ3) is 4.27. The van der Waals surface area contributed by atoms with Crippen molar-refractivity contribution in [2.45, 2.75) is 38.5 Å². The normalized spacial score (nSPS) is 25.6. The highest BCUT2D eigenvalue weighted by atomic mass is 19.1. The van der Waals surface area contributed by atoms with Crippen molar-refractivity contribution in [2.75, 3.05) is 26.7 Å². The maximum Gasteiger partial charge on any atom is 0.123 e. The van der Waals surface area contributed by atoms with E-state index in [0.717, 1.165) is 31.6 Å². The van der Waals surface area contributed by atoms with Crippen molar-refractivity contribution >= 4 is 0 Å². The molecule has 0 bridgehead atoms. The van der Waals surface area contributed by atoms with Gasteiger partial charge in [-0.3, -0.25) is 4.90 Å². The van der Waals surface area contributed by atoms with Crippen LogP contribution in [0, 0.1) is 5.82 Å². The summed E-state index contributed by atoms with van der Waals surface area (Å²) in [6.07, 6.45) is 1.62. The predicted molar refractivity (Wildman–Crippen MR) is 79.3 cm³/mol. The Balaban J connectivity index is 1.89. The molecule has 1 heterocycles. The molecule has 3 nitrogen and oxygen atoms in total. The summed E-state index contributed by atoms with van der Waals surface area (Å²) in [5, 5.41) is 3.32. The molecule has 4 heteroatoms. The Labute approximate surface area is 121 Å². The summed E-state index contributed by atoms with van der Waals surface area (Å²) >= 11 is 0. The van der Waals surface area contributed by atoms with E-state index in [1.54, 1.807) is 0 Å². The van der Waals surface area contributed by atoms with Crippen LogP contribution in [0.15, 0.2) is 24.3 Å². The highest BCUT2D eigenvalue weighted by molar-refractivity contribution is 5.19. The van der Waals surface area contributed by atoms with E-state index in [0.29, 0.717) is 12.2 Å². The van der Waals surface area contributed by atoms with Crippen LogP contribution in [0.4, 0.5) is 4.39 Å². The zero-order valence-corrected chi connectivity index (χ0v) is 12.6. The molecule has 0 saturated carbocycles. The fourth-order valence-electron chi connectivity index (χ4n) is 2.95. The Kier molecular flexibility index (Phi) is 5.52. The van der Waals surface area contributed by atoms with Gasteiger partial charge in [-0.05, 0) is 45.0 Å². The lowest BCUT2D eigenvalue weighted by Crippen LogP contribution is -2.46. The van der Waals surface area contributed by atoms with Crippen LogP contribution in [0.5, 0.6) is 0 Å². The van der Waals surface area contributed by atoms with Gasteiger partial charge in [-0.15, -0.1) is 0 Å². The summed E-state index contributed by atoms with van der Waals surface area (Å²) in [6.45, 7) is 7.26. The van der Waals surface area contributed by atoms with E-state index in [2.05, 4.69) is 24.1 Å². The smallest absolute Gasteiger partial charge is 0.123 e. The Bertz CT molecular complexity index is 399. The fourth-order valence-corrected chi connectivity index (χ4v) is 2.95. The molecular weight excluding hydrogens is 255 g/mol. The second-order valence-corrected chi connectivity index (χ2v) is 5.70. The largest absolute Gasteiger partial charge is 0.373 e. The molecule has 112 valence electrons. The van der Waals surface area contributed by atoms with Crippen molar-refractivity contribution in [1.29, 1.82) is 0 Å². The van der Waals surface area contributed by atoms with E-state index in [1.165, 1.54) is 12.1 Å². The van der Waals surface area contributed by atoms with E-state index >= 15 is 0 Å². The lowest BCUT2D eigenvalue weighted by molar-refractivity contribution is -0.0685. The maximum atomic E-state index is 13.0. The summed E-state index contributed by atoms with van der Waals surface area (Å²) < 4.78 is 18.7. The number of nitrogens with one attached hydrogen (secondary N) is 1. The van der Waals surface area contributed by atoms with Crippen LogP contribution in [-0.2, 0) is 4.74 Å². The number of rotatable bonds is 5. The van der Waals surface area contributed by atoms with Crippen molar-refractivity contribution in [3.8, 4) is 0 Å². The molecule has 20 heavy (non-hydrogen) atoms. The van der Waals surface area contributed by atoms with Gasteiger partial charge in [-0.1, -0.05) is 12.1 Å². The highest BCUT2D eigenvalue weighted by Crippen LogP contribution is 2.19. The predicted octanol–water partition coefficient (Wildman–Crippen LogP) is 2.59. The minimum Gasteiger partial charge on any atom is -0.373 e. The van der Waals surface area contributed by atoms with Gasteiger partial charge in [-0.25, -0.2) is 4.39 Å². The van der Waals surface area contributed by atoms with Crippen LogP contribution in [0.3, 0.4) is 0 Å². The van der Waals surface area contributed by atoms with Crippen molar-refractivity contribution in [1.82, 2.24) is 10.2 Å². The first-order chi connectivity index (χ1) is 9.58. The first-order valence-corrected chi connectivity index (χ1v) is 7.39. The molecule has 1 fully saturated rings. The molecule has 1 aromatic rings. The molecule has 0 spiro atoms. The molecule has 1 saturated heterocycles. The monoisotopic (exact) mass is 280 g/mol. The number of halogens is 1. The first-order valence-electron chi connectivity index (χ1n) is 7.39. The number of benzene rings is 1. The second kappa shape index (κ2) is 7.16. The maximum absolute atomic E-state index is 13.0. The Morgan fingerprint density at radius 1 is 1.25 bits per heavy atom. The molecule has 1 N–H and O–H groups in total. The SMILES string of the molecule is CNC(CCN1CC(C)OC(C)C1)c1ccc(F)cc1. The van der Waals surface area contributed by atoms with Gasteiger partial charge in [0.05, 0.1) is 12.2 Å². The van der Waals surface area contributed by atoms with Crippen molar-refractivity contribution in [3.05, 3.63) is 35.6 Å². The zero-order chi connectivity index (χ0) is 14.5. The summed E-state index contributed by atoms with van der Waals surface area (Å²) in [7, 11) is 1.96. The van der Waals surface area contributed by atoms with E-state index in [9.17, 15) is 4.39 Å². The number of ether oxygens (including phenoxy) is 1. The summed E-state index contributed by atoms with van der Waals surface area (Å²) in [6, 6.07) is 7.04. The van der Waals surface area contributed by atoms with E-state index in [4.69, 9.17) is 4.74 Å². The van der Waals surface area contributed by atoms with Crippen LogP contribution in [-0.4, -0.2) is 43.8 Å². The van der Waals surface area contributed by atoms with Gasteiger partial charge in [0, 0.05) is 25.7 Å². The standard InChI is InChI=1S/C16H25FN2O/c1-12-10-19(11-13(2)20-12)9-8-16(18-3)14-4-6-15(17)7-5-14/h4-7,12-13,16,18H,8-11H2,1-3H3. The van der Waals surface area contributed by atoms with E-state index in [-0.39, 0.29) is 11.9 Å². The molecule has 0 aliphatic carbocycles. The second-order valence-electron chi connectivity index (χ2n) is 5.70.